The van der Waals surface area contributed by atoms with E-state index in [4.69, 9.17) is 0 Å². The molecule has 1 fully saturated rings. The molecule has 3 nitrogen and oxygen atoms in total. The lowest BCUT2D eigenvalue weighted by molar-refractivity contribution is -0.139. The number of likely N-dealkylation sites (tertiary alicyclic amines) is 1. The number of hydrogen-bond donors (Lipinski definition) is 1. The molecule has 2 aromatic rings. The summed E-state index contributed by atoms with van der Waals surface area (Å²) < 4.78 is 1.04. The van der Waals surface area contributed by atoms with E-state index in [0.29, 0.717) is 19.4 Å². The number of carbonyl (C=O) groups is 1. The van der Waals surface area contributed by atoms with Gasteiger partial charge in [-0.1, -0.05) is 58.4 Å². The molecule has 1 amide bonds. The van der Waals surface area contributed by atoms with Gasteiger partial charge in [-0.2, -0.15) is 0 Å². The van der Waals surface area contributed by atoms with E-state index in [-0.39, 0.29) is 17.4 Å². The summed E-state index contributed by atoms with van der Waals surface area (Å²) in [5, 5.41) is 10.5. The standard InChI is InChI=1S/C23H28BrNO2/c1-17(18-9-11-20(24)12-10-18)25-14-13-23(15-21(25)26,16-22(2,3)27)19-7-5-4-6-8-19/h4-12,17,27H,13-16H2,1-3H3/t17-,23-/m0/s1. The quantitative estimate of drug-likeness (QED) is 0.706. The number of halogens is 1. The molecule has 1 aliphatic heterocycles. The van der Waals surface area contributed by atoms with Crippen molar-refractivity contribution in [2.45, 2.75) is 57.1 Å². The highest BCUT2D eigenvalue weighted by atomic mass is 79.9. The maximum Gasteiger partial charge on any atom is 0.223 e. The van der Waals surface area contributed by atoms with E-state index in [1.165, 1.54) is 0 Å². The average Bonchev–Trinajstić information content (AvgIpc) is 2.61. The lowest BCUT2D eigenvalue weighted by Gasteiger charge is -2.46. The lowest BCUT2D eigenvalue weighted by atomic mass is 9.66. The molecule has 2 atom stereocenters. The van der Waals surface area contributed by atoms with E-state index in [0.717, 1.165) is 22.0 Å². The molecule has 0 aromatic heterocycles. The van der Waals surface area contributed by atoms with E-state index in [9.17, 15) is 9.90 Å². The van der Waals surface area contributed by atoms with Crippen LogP contribution in [0.4, 0.5) is 0 Å². The summed E-state index contributed by atoms with van der Waals surface area (Å²) in [6.45, 7) is 6.45. The van der Waals surface area contributed by atoms with Crippen molar-refractivity contribution in [2.75, 3.05) is 6.54 Å². The molecular formula is C23H28BrNO2. The normalized spacial score (nSPS) is 22.0. The van der Waals surface area contributed by atoms with Crippen molar-refractivity contribution in [3.8, 4) is 0 Å². The highest BCUT2D eigenvalue weighted by Gasteiger charge is 2.44. The number of rotatable bonds is 5. The van der Waals surface area contributed by atoms with Crippen LogP contribution in [-0.2, 0) is 10.2 Å². The molecule has 1 saturated heterocycles. The topological polar surface area (TPSA) is 40.5 Å². The van der Waals surface area contributed by atoms with Crippen molar-refractivity contribution in [3.63, 3.8) is 0 Å². The Balaban J connectivity index is 1.85. The van der Waals surface area contributed by atoms with E-state index in [1.807, 2.05) is 49.1 Å². The fourth-order valence-corrected chi connectivity index (χ4v) is 4.65. The van der Waals surface area contributed by atoms with Crippen LogP contribution in [0, 0.1) is 0 Å². The number of amides is 1. The second-order valence-corrected chi connectivity index (χ2v) is 9.29. The van der Waals surface area contributed by atoms with Crippen LogP contribution in [0.1, 0.15) is 57.2 Å². The van der Waals surface area contributed by atoms with Gasteiger partial charge in [0.25, 0.3) is 0 Å². The van der Waals surface area contributed by atoms with Crippen LogP contribution in [0.5, 0.6) is 0 Å². The third-order valence-corrected chi connectivity index (χ3v) is 6.15. The molecule has 144 valence electrons. The van der Waals surface area contributed by atoms with Crippen molar-refractivity contribution < 1.29 is 9.90 Å². The average molecular weight is 430 g/mol. The Hall–Kier alpha value is -1.65. The van der Waals surface area contributed by atoms with Crippen molar-refractivity contribution in [2.24, 2.45) is 0 Å². The highest BCUT2D eigenvalue weighted by molar-refractivity contribution is 9.10. The van der Waals surface area contributed by atoms with Gasteiger partial charge in [0.15, 0.2) is 0 Å². The second-order valence-electron chi connectivity index (χ2n) is 8.38. The summed E-state index contributed by atoms with van der Waals surface area (Å²) in [6, 6.07) is 18.4. The first kappa shape index (κ1) is 20.1. The van der Waals surface area contributed by atoms with Crippen LogP contribution < -0.4 is 0 Å². The summed E-state index contributed by atoms with van der Waals surface area (Å²) in [5.41, 5.74) is 1.15. The van der Waals surface area contributed by atoms with E-state index in [2.05, 4.69) is 47.1 Å². The van der Waals surface area contributed by atoms with Crippen molar-refractivity contribution in [1.29, 1.82) is 0 Å². The van der Waals surface area contributed by atoms with Gasteiger partial charge in [-0.05, 0) is 56.9 Å². The van der Waals surface area contributed by atoms with Crippen molar-refractivity contribution >= 4 is 21.8 Å². The number of benzene rings is 2. The molecule has 4 heteroatoms. The van der Waals surface area contributed by atoms with Crippen LogP contribution in [0.3, 0.4) is 0 Å². The van der Waals surface area contributed by atoms with Gasteiger partial charge in [0, 0.05) is 22.9 Å². The van der Waals surface area contributed by atoms with Gasteiger partial charge in [0.05, 0.1) is 11.6 Å². The van der Waals surface area contributed by atoms with Crippen LogP contribution in [-0.4, -0.2) is 28.1 Å². The Bertz CT molecular complexity index is 782. The van der Waals surface area contributed by atoms with Gasteiger partial charge in [0.1, 0.15) is 0 Å². The zero-order valence-electron chi connectivity index (χ0n) is 16.3. The summed E-state index contributed by atoms with van der Waals surface area (Å²) in [7, 11) is 0. The number of nitrogens with zero attached hydrogens (tertiary/aromatic N) is 1. The van der Waals surface area contributed by atoms with Crippen LogP contribution in [0.15, 0.2) is 59.1 Å². The first-order valence-corrected chi connectivity index (χ1v) is 10.3. The molecule has 0 bridgehead atoms. The molecule has 1 heterocycles. The second kappa shape index (κ2) is 7.76. The van der Waals surface area contributed by atoms with E-state index >= 15 is 0 Å². The van der Waals surface area contributed by atoms with E-state index in [1.54, 1.807) is 0 Å². The van der Waals surface area contributed by atoms with Crippen LogP contribution in [0.2, 0.25) is 0 Å². The molecule has 3 rings (SSSR count). The van der Waals surface area contributed by atoms with Gasteiger partial charge in [-0.3, -0.25) is 4.79 Å². The third kappa shape index (κ3) is 4.61. The number of aliphatic hydroxyl groups is 1. The van der Waals surface area contributed by atoms with Crippen molar-refractivity contribution in [3.05, 3.63) is 70.2 Å². The molecule has 2 aromatic carbocycles. The maximum atomic E-state index is 13.2. The Morgan fingerprint density at radius 3 is 2.33 bits per heavy atom. The Labute approximate surface area is 170 Å². The summed E-state index contributed by atoms with van der Waals surface area (Å²) in [6.07, 6.45) is 1.87. The van der Waals surface area contributed by atoms with Gasteiger partial charge in [-0.25, -0.2) is 0 Å². The van der Waals surface area contributed by atoms with Crippen LogP contribution >= 0.6 is 15.9 Å². The van der Waals surface area contributed by atoms with Gasteiger partial charge in [-0.15, -0.1) is 0 Å². The highest BCUT2D eigenvalue weighted by Crippen LogP contribution is 2.43. The zero-order valence-corrected chi connectivity index (χ0v) is 17.9. The van der Waals surface area contributed by atoms with Gasteiger partial charge >= 0.3 is 0 Å². The number of hydrogen-bond acceptors (Lipinski definition) is 2. The minimum atomic E-state index is -0.824. The van der Waals surface area contributed by atoms with Gasteiger partial charge < -0.3 is 10.0 Å². The lowest BCUT2D eigenvalue weighted by Crippen LogP contribution is -2.49. The molecule has 0 saturated carbocycles. The molecule has 0 radical (unpaired) electrons. The van der Waals surface area contributed by atoms with E-state index < -0.39 is 5.60 Å². The number of piperidine rings is 1. The summed E-state index contributed by atoms with van der Waals surface area (Å²) in [5.74, 6) is 0.157. The monoisotopic (exact) mass is 429 g/mol. The molecule has 27 heavy (non-hydrogen) atoms. The molecule has 0 spiro atoms. The largest absolute Gasteiger partial charge is 0.390 e. The summed E-state index contributed by atoms with van der Waals surface area (Å²) >= 11 is 3.47. The minimum absolute atomic E-state index is 0.0431. The van der Waals surface area contributed by atoms with Crippen LogP contribution in [0.25, 0.3) is 0 Å². The smallest absolute Gasteiger partial charge is 0.223 e. The maximum absolute atomic E-state index is 13.2. The van der Waals surface area contributed by atoms with Crippen molar-refractivity contribution in [1.82, 2.24) is 4.90 Å². The minimum Gasteiger partial charge on any atom is -0.390 e. The zero-order chi connectivity index (χ0) is 19.7. The SMILES string of the molecule is C[C@@H](c1ccc(Br)cc1)N1CC[C@](CC(C)(C)O)(c2ccccc2)CC1=O. The Morgan fingerprint density at radius 1 is 1.15 bits per heavy atom. The predicted octanol–water partition coefficient (Wildman–Crippen LogP) is 5.23. The Morgan fingerprint density at radius 2 is 1.78 bits per heavy atom. The predicted molar refractivity (Wildman–Crippen MR) is 113 cm³/mol. The molecule has 1 aliphatic rings. The van der Waals surface area contributed by atoms with Gasteiger partial charge in [0.2, 0.25) is 5.91 Å². The third-order valence-electron chi connectivity index (χ3n) is 5.62. The Kier molecular flexibility index (Phi) is 5.78. The molecule has 1 N–H and O–H groups in total. The fourth-order valence-electron chi connectivity index (χ4n) is 4.39. The fraction of sp³-hybridized carbons (Fsp3) is 0.435. The molecular weight excluding hydrogens is 402 g/mol. The summed E-state index contributed by atoms with van der Waals surface area (Å²) in [4.78, 5) is 15.2. The first-order chi connectivity index (χ1) is 12.7. The molecule has 0 aliphatic carbocycles. The number of carbonyl (C=O) groups excluding carboxylic acids is 1. The first-order valence-electron chi connectivity index (χ1n) is 9.53. The molecule has 0 unspecified atom stereocenters.